The highest BCUT2D eigenvalue weighted by atomic mass is 35.5. The zero-order valence-electron chi connectivity index (χ0n) is 13.9. The van der Waals surface area contributed by atoms with Crippen molar-refractivity contribution in [1.82, 2.24) is 10.2 Å². The summed E-state index contributed by atoms with van der Waals surface area (Å²) in [6.45, 7) is 9.10. The standard InChI is InChI=1S/C18H25ClN2O/c1-5-14-7-6-13(4)16-9-8-15(19)11-21(16)17(14)18(22)20-10-12(2)3/h8-9,11-12H,5-7,10H2,1-4H3,(H,20,22). The van der Waals surface area contributed by atoms with E-state index in [4.69, 9.17) is 11.6 Å². The Balaban J connectivity index is 2.42. The van der Waals surface area contributed by atoms with E-state index in [1.54, 1.807) is 0 Å². The normalized spacial score (nSPS) is 18.5. The molecule has 2 rings (SSSR count). The van der Waals surface area contributed by atoms with Crippen LogP contribution in [0.3, 0.4) is 0 Å². The molecular formula is C18H25ClN2O. The van der Waals surface area contributed by atoms with Gasteiger partial charge in [-0.2, -0.15) is 0 Å². The van der Waals surface area contributed by atoms with Crippen molar-refractivity contribution in [3.63, 3.8) is 0 Å². The average molecular weight is 321 g/mol. The van der Waals surface area contributed by atoms with E-state index < -0.39 is 0 Å². The lowest BCUT2D eigenvalue weighted by Crippen LogP contribution is -2.35. The van der Waals surface area contributed by atoms with Crippen LogP contribution in [0.25, 0.3) is 0 Å². The molecule has 0 aromatic rings. The van der Waals surface area contributed by atoms with Gasteiger partial charge in [0.25, 0.3) is 5.91 Å². The topological polar surface area (TPSA) is 32.3 Å². The molecule has 0 aromatic carbocycles. The third-order valence-electron chi connectivity index (χ3n) is 4.04. The molecule has 0 spiro atoms. The molecule has 2 aliphatic rings. The summed E-state index contributed by atoms with van der Waals surface area (Å²) in [7, 11) is 0. The maximum atomic E-state index is 12.8. The number of halogens is 1. The van der Waals surface area contributed by atoms with Crippen molar-refractivity contribution in [3.8, 4) is 0 Å². The van der Waals surface area contributed by atoms with Crippen LogP contribution in [0, 0.1) is 5.92 Å². The van der Waals surface area contributed by atoms with Crippen LogP contribution in [0.4, 0.5) is 0 Å². The highest BCUT2D eigenvalue weighted by Gasteiger charge is 2.27. The molecule has 0 fully saturated rings. The summed E-state index contributed by atoms with van der Waals surface area (Å²) in [5.74, 6) is 0.423. The molecule has 0 aromatic heterocycles. The van der Waals surface area contributed by atoms with E-state index >= 15 is 0 Å². The van der Waals surface area contributed by atoms with Crippen LogP contribution in [0.5, 0.6) is 0 Å². The van der Waals surface area contributed by atoms with Crippen LogP contribution in [-0.2, 0) is 4.79 Å². The van der Waals surface area contributed by atoms with Gasteiger partial charge in [-0.1, -0.05) is 32.4 Å². The molecule has 0 bridgehead atoms. The molecule has 2 aliphatic heterocycles. The van der Waals surface area contributed by atoms with Gasteiger partial charge in [-0.15, -0.1) is 0 Å². The van der Waals surface area contributed by atoms with Gasteiger partial charge in [0.15, 0.2) is 0 Å². The highest BCUT2D eigenvalue weighted by Crippen LogP contribution is 2.34. The Labute approximate surface area is 138 Å². The predicted octanol–water partition coefficient (Wildman–Crippen LogP) is 4.44. The first kappa shape index (κ1) is 16.9. The number of amides is 1. The number of hydrogen-bond acceptors (Lipinski definition) is 2. The summed E-state index contributed by atoms with van der Waals surface area (Å²) in [5.41, 5.74) is 4.29. The second-order valence-corrected chi connectivity index (χ2v) is 6.73. The maximum absolute atomic E-state index is 12.8. The molecule has 3 nitrogen and oxygen atoms in total. The number of allylic oxidation sites excluding steroid dienone is 5. The quantitative estimate of drug-likeness (QED) is 0.830. The molecule has 22 heavy (non-hydrogen) atoms. The molecule has 0 saturated heterocycles. The van der Waals surface area contributed by atoms with Gasteiger partial charge in [-0.25, -0.2) is 0 Å². The van der Waals surface area contributed by atoms with Crippen LogP contribution in [0.15, 0.2) is 45.9 Å². The monoisotopic (exact) mass is 320 g/mol. The largest absolute Gasteiger partial charge is 0.350 e. The van der Waals surface area contributed by atoms with E-state index in [-0.39, 0.29) is 5.91 Å². The summed E-state index contributed by atoms with van der Waals surface area (Å²) in [5, 5.41) is 3.69. The van der Waals surface area contributed by atoms with E-state index in [0.29, 0.717) is 17.5 Å². The molecular weight excluding hydrogens is 296 g/mol. The van der Waals surface area contributed by atoms with Crippen molar-refractivity contribution in [3.05, 3.63) is 45.9 Å². The maximum Gasteiger partial charge on any atom is 0.268 e. The lowest BCUT2D eigenvalue weighted by Gasteiger charge is -2.28. The molecule has 0 radical (unpaired) electrons. The van der Waals surface area contributed by atoms with Gasteiger partial charge in [0, 0.05) is 18.4 Å². The van der Waals surface area contributed by atoms with Crippen LogP contribution in [-0.4, -0.2) is 17.4 Å². The van der Waals surface area contributed by atoms with Crippen molar-refractivity contribution >= 4 is 17.5 Å². The number of nitrogens with zero attached hydrogens (tertiary/aromatic N) is 1. The van der Waals surface area contributed by atoms with Gasteiger partial charge in [0.05, 0.1) is 5.03 Å². The van der Waals surface area contributed by atoms with Crippen LogP contribution < -0.4 is 5.32 Å². The number of carbonyl (C=O) groups excluding carboxylic acids is 1. The summed E-state index contributed by atoms with van der Waals surface area (Å²) in [6.07, 6.45) is 8.52. The van der Waals surface area contributed by atoms with Crippen molar-refractivity contribution in [1.29, 1.82) is 0 Å². The van der Waals surface area contributed by atoms with Gasteiger partial charge in [0.2, 0.25) is 0 Å². The van der Waals surface area contributed by atoms with Gasteiger partial charge in [-0.3, -0.25) is 4.79 Å². The molecule has 0 saturated carbocycles. The van der Waals surface area contributed by atoms with E-state index in [0.717, 1.165) is 30.7 Å². The van der Waals surface area contributed by atoms with Crippen LogP contribution >= 0.6 is 11.6 Å². The van der Waals surface area contributed by atoms with Crippen molar-refractivity contribution in [2.75, 3.05) is 6.54 Å². The van der Waals surface area contributed by atoms with Crippen LogP contribution in [0.2, 0.25) is 0 Å². The van der Waals surface area contributed by atoms with Gasteiger partial charge < -0.3 is 10.2 Å². The SMILES string of the molecule is CCC1=C(C(=O)NCC(C)C)N2C=C(Cl)C=CC2=C(C)CC1. The first-order valence-electron chi connectivity index (χ1n) is 7.98. The first-order chi connectivity index (χ1) is 10.4. The Hall–Kier alpha value is -1.48. The molecule has 2 heterocycles. The minimum absolute atomic E-state index is 0.00577. The van der Waals surface area contributed by atoms with Crippen molar-refractivity contribution in [2.45, 2.75) is 47.0 Å². The summed E-state index contributed by atoms with van der Waals surface area (Å²) < 4.78 is 0. The molecule has 120 valence electrons. The lowest BCUT2D eigenvalue weighted by atomic mass is 10.0. The number of hydrogen-bond donors (Lipinski definition) is 1. The van der Waals surface area contributed by atoms with E-state index in [1.807, 2.05) is 23.3 Å². The molecule has 1 N–H and O–H groups in total. The predicted molar refractivity (Wildman–Crippen MR) is 92.0 cm³/mol. The third kappa shape index (κ3) is 3.64. The second-order valence-electron chi connectivity index (χ2n) is 6.29. The van der Waals surface area contributed by atoms with Gasteiger partial charge in [-0.05, 0) is 55.4 Å². The average Bonchev–Trinajstić information content (AvgIpc) is 2.61. The molecule has 0 unspecified atom stereocenters. The Bertz CT molecular complexity index is 582. The van der Waals surface area contributed by atoms with E-state index in [2.05, 4.69) is 33.0 Å². The molecule has 4 heteroatoms. The smallest absolute Gasteiger partial charge is 0.268 e. The molecule has 1 amide bonds. The Kier molecular flexibility index (Phi) is 5.52. The fourth-order valence-corrected chi connectivity index (χ4v) is 2.92. The lowest BCUT2D eigenvalue weighted by molar-refractivity contribution is -0.118. The second kappa shape index (κ2) is 7.19. The van der Waals surface area contributed by atoms with Gasteiger partial charge >= 0.3 is 0 Å². The van der Waals surface area contributed by atoms with E-state index in [1.165, 1.54) is 11.1 Å². The Morgan fingerprint density at radius 1 is 1.36 bits per heavy atom. The number of carbonyl (C=O) groups is 1. The Morgan fingerprint density at radius 2 is 2.09 bits per heavy atom. The highest BCUT2D eigenvalue weighted by molar-refractivity contribution is 6.31. The fourth-order valence-electron chi connectivity index (χ4n) is 2.76. The minimum Gasteiger partial charge on any atom is -0.350 e. The minimum atomic E-state index is -0.00577. The summed E-state index contributed by atoms with van der Waals surface area (Å²) >= 11 is 6.18. The number of rotatable bonds is 4. The van der Waals surface area contributed by atoms with Crippen molar-refractivity contribution < 1.29 is 4.79 Å². The van der Waals surface area contributed by atoms with E-state index in [9.17, 15) is 4.79 Å². The third-order valence-corrected chi connectivity index (χ3v) is 4.26. The summed E-state index contributed by atoms with van der Waals surface area (Å²) in [6, 6.07) is 0. The first-order valence-corrected chi connectivity index (χ1v) is 8.36. The number of nitrogens with one attached hydrogen (secondary N) is 1. The Morgan fingerprint density at radius 3 is 2.73 bits per heavy atom. The zero-order chi connectivity index (χ0) is 16.3. The zero-order valence-corrected chi connectivity index (χ0v) is 14.6. The fraction of sp³-hybridized carbons (Fsp3) is 0.500. The van der Waals surface area contributed by atoms with Crippen LogP contribution in [0.1, 0.15) is 47.0 Å². The van der Waals surface area contributed by atoms with Crippen molar-refractivity contribution in [2.24, 2.45) is 5.92 Å². The molecule has 0 aliphatic carbocycles. The van der Waals surface area contributed by atoms with Gasteiger partial charge in [0.1, 0.15) is 5.70 Å². The summed E-state index contributed by atoms with van der Waals surface area (Å²) in [4.78, 5) is 14.7. The number of fused-ring (bicyclic) bond motifs is 1. The molecule has 0 atom stereocenters.